The van der Waals surface area contributed by atoms with Gasteiger partial charge in [-0.2, -0.15) is 5.26 Å². The van der Waals surface area contributed by atoms with Gasteiger partial charge in [0.1, 0.15) is 6.07 Å². The Morgan fingerprint density at radius 2 is 2.00 bits per heavy atom. The third kappa shape index (κ3) is 5.07. The van der Waals surface area contributed by atoms with Crippen LogP contribution in [0.2, 0.25) is 5.02 Å². The number of nitrogens with zero attached hydrogens (tertiary/aromatic N) is 1. The van der Waals surface area contributed by atoms with Crippen LogP contribution in [0.25, 0.3) is 0 Å². The molecule has 0 radical (unpaired) electrons. The monoisotopic (exact) mass is 405 g/mol. The number of rotatable bonds is 6. The SMILES string of the molecule is CC[C@@H](NCC(=O)Nc1cc(Cl)ccc1C#N)c1ccc(Br)cc1. The Labute approximate surface area is 155 Å². The van der Waals surface area contributed by atoms with Crippen LogP contribution in [0.3, 0.4) is 0 Å². The molecule has 1 atom stereocenters. The summed E-state index contributed by atoms with van der Waals surface area (Å²) >= 11 is 9.33. The second-order valence-corrected chi connectivity index (χ2v) is 6.60. The van der Waals surface area contributed by atoms with Gasteiger partial charge < -0.3 is 10.6 Å². The molecule has 4 nitrogen and oxygen atoms in total. The van der Waals surface area contributed by atoms with E-state index in [9.17, 15) is 4.79 Å². The zero-order valence-electron chi connectivity index (χ0n) is 13.1. The molecule has 2 aromatic rings. The summed E-state index contributed by atoms with van der Waals surface area (Å²) in [7, 11) is 0. The topological polar surface area (TPSA) is 64.9 Å². The van der Waals surface area contributed by atoms with Gasteiger partial charge in [0, 0.05) is 15.5 Å². The molecular weight excluding hydrogens is 390 g/mol. The second kappa shape index (κ2) is 8.84. The van der Waals surface area contributed by atoms with Crippen LogP contribution in [0.1, 0.15) is 30.5 Å². The van der Waals surface area contributed by atoms with Gasteiger partial charge in [0.15, 0.2) is 0 Å². The van der Waals surface area contributed by atoms with E-state index in [1.807, 2.05) is 30.3 Å². The van der Waals surface area contributed by atoms with Gasteiger partial charge in [0.25, 0.3) is 0 Å². The smallest absolute Gasteiger partial charge is 0.238 e. The number of carbonyl (C=O) groups excluding carboxylic acids is 1. The first-order valence-electron chi connectivity index (χ1n) is 7.51. The molecule has 0 aliphatic rings. The van der Waals surface area contributed by atoms with Crippen LogP contribution in [0.4, 0.5) is 5.69 Å². The van der Waals surface area contributed by atoms with Crippen LogP contribution in [0.5, 0.6) is 0 Å². The van der Waals surface area contributed by atoms with Crippen LogP contribution in [0.15, 0.2) is 46.9 Å². The average Bonchev–Trinajstić information content (AvgIpc) is 2.57. The summed E-state index contributed by atoms with van der Waals surface area (Å²) in [4.78, 5) is 12.2. The third-order valence-corrected chi connectivity index (χ3v) is 4.33. The van der Waals surface area contributed by atoms with Crippen molar-refractivity contribution in [2.45, 2.75) is 19.4 Å². The van der Waals surface area contributed by atoms with Gasteiger partial charge in [-0.1, -0.05) is 46.6 Å². The Morgan fingerprint density at radius 3 is 2.62 bits per heavy atom. The molecule has 0 aliphatic heterocycles. The van der Waals surface area contributed by atoms with E-state index < -0.39 is 0 Å². The zero-order chi connectivity index (χ0) is 17.5. The summed E-state index contributed by atoms with van der Waals surface area (Å²) in [5.74, 6) is -0.218. The quantitative estimate of drug-likeness (QED) is 0.733. The number of nitrogens with one attached hydrogen (secondary N) is 2. The lowest BCUT2D eigenvalue weighted by Crippen LogP contribution is -2.31. The molecule has 1 amide bonds. The minimum absolute atomic E-state index is 0.0821. The molecule has 0 saturated heterocycles. The molecule has 2 N–H and O–H groups in total. The van der Waals surface area contributed by atoms with Gasteiger partial charge >= 0.3 is 0 Å². The normalized spacial score (nSPS) is 11.6. The first-order chi connectivity index (χ1) is 11.5. The van der Waals surface area contributed by atoms with Gasteiger partial charge in [-0.15, -0.1) is 0 Å². The molecule has 2 rings (SSSR count). The summed E-state index contributed by atoms with van der Waals surface area (Å²) in [6, 6.07) is 14.9. The van der Waals surface area contributed by atoms with Crippen molar-refractivity contribution in [3.05, 3.63) is 63.1 Å². The van der Waals surface area contributed by atoms with E-state index in [2.05, 4.69) is 33.5 Å². The summed E-state index contributed by atoms with van der Waals surface area (Å²) in [5, 5.41) is 15.5. The Bertz CT molecular complexity index is 756. The van der Waals surface area contributed by atoms with E-state index in [1.165, 1.54) is 0 Å². The molecule has 2 aromatic carbocycles. The summed E-state index contributed by atoms with van der Waals surface area (Å²) < 4.78 is 1.02. The lowest BCUT2D eigenvalue weighted by Gasteiger charge is -2.17. The fourth-order valence-corrected chi connectivity index (χ4v) is 2.76. The van der Waals surface area contributed by atoms with Gasteiger partial charge in [-0.05, 0) is 42.3 Å². The van der Waals surface area contributed by atoms with Gasteiger partial charge in [-0.3, -0.25) is 4.79 Å². The molecule has 0 aliphatic carbocycles. The first-order valence-corrected chi connectivity index (χ1v) is 8.69. The number of benzene rings is 2. The average molecular weight is 407 g/mol. The highest BCUT2D eigenvalue weighted by Crippen LogP contribution is 2.21. The fourth-order valence-electron chi connectivity index (χ4n) is 2.32. The van der Waals surface area contributed by atoms with Crippen molar-refractivity contribution in [2.24, 2.45) is 0 Å². The molecule has 24 heavy (non-hydrogen) atoms. The van der Waals surface area contributed by atoms with E-state index in [1.54, 1.807) is 18.2 Å². The Hall–Kier alpha value is -1.87. The van der Waals surface area contributed by atoms with Crippen molar-refractivity contribution in [2.75, 3.05) is 11.9 Å². The van der Waals surface area contributed by atoms with Crippen molar-refractivity contribution in [1.82, 2.24) is 5.32 Å². The molecule has 0 aromatic heterocycles. The lowest BCUT2D eigenvalue weighted by atomic mass is 10.0. The van der Waals surface area contributed by atoms with Crippen molar-refractivity contribution in [3.8, 4) is 6.07 Å². The van der Waals surface area contributed by atoms with Gasteiger partial charge in [0.2, 0.25) is 5.91 Å². The van der Waals surface area contributed by atoms with E-state index in [0.29, 0.717) is 16.3 Å². The fraction of sp³-hybridized carbons (Fsp3) is 0.222. The van der Waals surface area contributed by atoms with Crippen LogP contribution >= 0.6 is 27.5 Å². The number of hydrogen-bond acceptors (Lipinski definition) is 3. The lowest BCUT2D eigenvalue weighted by molar-refractivity contribution is -0.115. The minimum Gasteiger partial charge on any atom is -0.324 e. The molecule has 0 unspecified atom stereocenters. The molecule has 0 bridgehead atoms. The van der Waals surface area contributed by atoms with Gasteiger partial charge in [-0.25, -0.2) is 0 Å². The largest absolute Gasteiger partial charge is 0.324 e. The highest BCUT2D eigenvalue weighted by Gasteiger charge is 2.12. The Kier molecular flexibility index (Phi) is 6.80. The summed E-state index contributed by atoms with van der Waals surface area (Å²) in [6.45, 7) is 2.20. The predicted octanol–water partition coefficient (Wildman–Crippen LogP) is 4.65. The molecule has 0 spiro atoms. The van der Waals surface area contributed by atoms with Crippen molar-refractivity contribution < 1.29 is 4.79 Å². The highest BCUT2D eigenvalue weighted by molar-refractivity contribution is 9.10. The van der Waals surface area contributed by atoms with E-state index in [4.69, 9.17) is 16.9 Å². The third-order valence-electron chi connectivity index (χ3n) is 3.57. The maximum absolute atomic E-state index is 12.2. The number of halogens is 2. The number of amides is 1. The van der Waals surface area contributed by atoms with Crippen LogP contribution < -0.4 is 10.6 Å². The molecule has 0 saturated carbocycles. The first kappa shape index (κ1) is 18.5. The van der Waals surface area contributed by atoms with E-state index >= 15 is 0 Å². The van der Waals surface area contributed by atoms with Gasteiger partial charge in [0.05, 0.1) is 17.8 Å². The molecule has 0 fully saturated rings. The minimum atomic E-state index is -0.218. The summed E-state index contributed by atoms with van der Waals surface area (Å²) in [6.07, 6.45) is 0.857. The predicted molar refractivity (Wildman–Crippen MR) is 100.0 cm³/mol. The maximum Gasteiger partial charge on any atom is 0.238 e. The standard InChI is InChI=1S/C18H17BrClN3O/c1-2-16(12-3-6-14(19)7-4-12)22-11-18(24)23-17-9-15(20)8-5-13(17)10-21/h3-9,16,22H,2,11H2,1H3,(H,23,24)/t16-/m1/s1. The Balaban J connectivity index is 1.98. The number of nitriles is 1. The van der Waals surface area contributed by atoms with Crippen molar-refractivity contribution in [1.29, 1.82) is 5.26 Å². The van der Waals surface area contributed by atoms with E-state index in [-0.39, 0.29) is 18.5 Å². The molecule has 6 heteroatoms. The second-order valence-electron chi connectivity index (χ2n) is 5.24. The highest BCUT2D eigenvalue weighted by atomic mass is 79.9. The number of hydrogen-bond donors (Lipinski definition) is 2. The molecular formula is C18H17BrClN3O. The van der Waals surface area contributed by atoms with Crippen molar-refractivity contribution in [3.63, 3.8) is 0 Å². The molecule has 124 valence electrons. The van der Waals surface area contributed by atoms with Crippen LogP contribution in [-0.4, -0.2) is 12.5 Å². The van der Waals surface area contributed by atoms with Crippen molar-refractivity contribution >= 4 is 39.1 Å². The maximum atomic E-state index is 12.2. The molecule has 0 heterocycles. The van der Waals surface area contributed by atoms with Crippen LogP contribution in [0, 0.1) is 11.3 Å². The zero-order valence-corrected chi connectivity index (χ0v) is 15.5. The number of carbonyl (C=O) groups is 1. The van der Waals surface area contributed by atoms with E-state index in [0.717, 1.165) is 16.5 Å². The van der Waals surface area contributed by atoms with Crippen LogP contribution in [-0.2, 0) is 4.79 Å². The number of anilines is 1. The summed E-state index contributed by atoms with van der Waals surface area (Å²) in [5.41, 5.74) is 1.93. The Morgan fingerprint density at radius 1 is 1.29 bits per heavy atom.